The Morgan fingerprint density at radius 2 is 1.82 bits per heavy atom. The van der Waals surface area contributed by atoms with Gasteiger partial charge in [0.15, 0.2) is 5.69 Å². The normalized spacial score (nSPS) is 26.5. The summed E-state index contributed by atoms with van der Waals surface area (Å²) in [4.78, 5) is 5.16. The van der Waals surface area contributed by atoms with E-state index in [-0.39, 0.29) is 17.4 Å². The molecular formula is C23H22F3N3O4. The quantitative estimate of drug-likeness (QED) is 0.528. The molecule has 2 unspecified atom stereocenters. The molecule has 1 aromatic carbocycles. The maximum absolute atomic E-state index is 13.5. The average Bonchev–Trinajstić information content (AvgIpc) is 3.37. The summed E-state index contributed by atoms with van der Waals surface area (Å²) in [6, 6.07) is 3.07. The van der Waals surface area contributed by atoms with Gasteiger partial charge in [0.1, 0.15) is 11.2 Å². The summed E-state index contributed by atoms with van der Waals surface area (Å²) in [6.45, 7) is 12.3. The molecule has 2 N–H and O–H groups in total. The maximum atomic E-state index is 13.5. The topological polar surface area (TPSA) is 71.5 Å². The van der Waals surface area contributed by atoms with Gasteiger partial charge in [0.05, 0.1) is 42.2 Å². The van der Waals surface area contributed by atoms with Gasteiger partial charge in [0.25, 0.3) is 0 Å². The summed E-state index contributed by atoms with van der Waals surface area (Å²) in [5.74, 6) is -0.757. The molecule has 1 aromatic heterocycles. The lowest BCUT2D eigenvalue weighted by Gasteiger charge is -2.31. The van der Waals surface area contributed by atoms with Crippen LogP contribution in [0.5, 0.6) is 11.8 Å². The highest BCUT2D eigenvalue weighted by atomic mass is 19.4. The summed E-state index contributed by atoms with van der Waals surface area (Å²) in [6.07, 6.45) is -0.608. The van der Waals surface area contributed by atoms with E-state index in [0.717, 1.165) is 29.8 Å². The molecule has 33 heavy (non-hydrogen) atoms. The van der Waals surface area contributed by atoms with Crippen molar-refractivity contribution in [1.82, 2.24) is 9.47 Å². The zero-order valence-electron chi connectivity index (χ0n) is 17.8. The Labute approximate surface area is 188 Å². The van der Waals surface area contributed by atoms with Gasteiger partial charge in [0.2, 0.25) is 11.8 Å². The van der Waals surface area contributed by atoms with Crippen LogP contribution in [0.25, 0.3) is 10.5 Å². The van der Waals surface area contributed by atoms with Crippen molar-refractivity contribution in [2.75, 3.05) is 32.8 Å². The van der Waals surface area contributed by atoms with Gasteiger partial charge < -0.3 is 19.7 Å². The van der Waals surface area contributed by atoms with E-state index in [1.165, 1.54) is 6.07 Å². The smallest absolute Gasteiger partial charge is 0.407 e. The predicted octanol–water partition coefficient (Wildman–Crippen LogP) is 4.19. The zero-order valence-corrected chi connectivity index (χ0v) is 17.8. The van der Waals surface area contributed by atoms with Crippen LogP contribution in [0.15, 0.2) is 30.4 Å². The summed E-state index contributed by atoms with van der Waals surface area (Å²) in [5, 5.41) is 22.2. The molecule has 4 heterocycles. The third-order valence-corrected chi connectivity index (χ3v) is 6.67. The number of rotatable bonds is 4. The summed E-state index contributed by atoms with van der Waals surface area (Å²) >= 11 is 0. The van der Waals surface area contributed by atoms with Crippen molar-refractivity contribution >= 4 is 5.69 Å². The third-order valence-electron chi connectivity index (χ3n) is 6.67. The number of nitrogens with zero attached hydrogens (tertiary/aromatic N) is 3. The Balaban J connectivity index is 1.58. The minimum atomic E-state index is -4.76. The lowest BCUT2D eigenvalue weighted by molar-refractivity contribution is -0.136. The van der Waals surface area contributed by atoms with Crippen molar-refractivity contribution in [3.63, 3.8) is 0 Å². The molecule has 0 saturated carbocycles. The number of hydrogen-bond donors (Lipinski definition) is 2. The molecule has 0 amide bonds. The van der Waals surface area contributed by atoms with Crippen molar-refractivity contribution in [3.05, 3.63) is 58.5 Å². The Kier molecular flexibility index (Phi) is 4.79. The Bertz CT molecular complexity index is 1190. The fraction of sp³-hybridized carbons (Fsp3) is 0.435. The van der Waals surface area contributed by atoms with E-state index in [4.69, 9.17) is 16.0 Å². The highest BCUT2D eigenvalue weighted by Crippen LogP contribution is 2.62. The van der Waals surface area contributed by atoms with E-state index in [1.807, 2.05) is 6.08 Å². The van der Waals surface area contributed by atoms with Gasteiger partial charge in [-0.15, -0.1) is 0 Å². The van der Waals surface area contributed by atoms with E-state index >= 15 is 0 Å². The van der Waals surface area contributed by atoms with Gasteiger partial charge in [-0.1, -0.05) is 6.07 Å². The molecule has 174 valence electrons. The van der Waals surface area contributed by atoms with Gasteiger partial charge in [-0.05, 0) is 37.6 Å². The molecule has 2 aromatic rings. The summed E-state index contributed by atoms with van der Waals surface area (Å²) in [5.41, 5.74) is -3.09. The Morgan fingerprint density at radius 1 is 1.12 bits per heavy atom. The molecule has 10 heteroatoms. The van der Waals surface area contributed by atoms with Crippen molar-refractivity contribution in [3.8, 4) is 17.4 Å². The fourth-order valence-corrected chi connectivity index (χ4v) is 5.07. The fourth-order valence-electron chi connectivity index (χ4n) is 5.07. The minimum Gasteiger partial charge on any atom is -0.494 e. The molecule has 1 saturated heterocycles. The Morgan fingerprint density at radius 3 is 2.48 bits per heavy atom. The van der Waals surface area contributed by atoms with Crippen LogP contribution in [0.3, 0.4) is 0 Å². The number of halogens is 3. The number of fused-ring (bicyclic) bond motifs is 5. The first-order chi connectivity index (χ1) is 15.6. The molecular weight excluding hydrogens is 439 g/mol. The number of aromatic hydroxyl groups is 2. The maximum Gasteiger partial charge on any atom is 0.407 e. The van der Waals surface area contributed by atoms with Crippen molar-refractivity contribution < 1.29 is 32.9 Å². The second-order valence-corrected chi connectivity index (χ2v) is 8.68. The molecule has 0 aliphatic carbocycles. The molecule has 2 bridgehead atoms. The van der Waals surface area contributed by atoms with E-state index in [9.17, 15) is 23.4 Å². The van der Waals surface area contributed by atoms with Gasteiger partial charge in [-0.25, -0.2) is 4.85 Å². The summed E-state index contributed by atoms with van der Waals surface area (Å²) in [7, 11) is 0. The standard InChI is InChI=1S/C23H22F3N3O4/c1-21-5-6-22(33-21,7-8-28-9-11-32-12-10-28)18-17(21)19(30)29(20(18)31)14-3-4-16(27-2)15(13-14)23(24,25)26/h3-6,13,30-31H,7-12H2,1H3. The number of hydrogen-bond acceptors (Lipinski definition) is 5. The molecule has 2 atom stereocenters. The lowest BCUT2D eigenvalue weighted by atomic mass is 9.83. The number of ether oxygens (including phenoxy) is 2. The first-order valence-corrected chi connectivity index (χ1v) is 10.6. The zero-order chi connectivity index (χ0) is 23.6. The van der Waals surface area contributed by atoms with Crippen LogP contribution in [-0.2, 0) is 26.9 Å². The molecule has 3 aliphatic heterocycles. The molecule has 5 rings (SSSR count). The molecule has 3 aliphatic rings. The highest BCUT2D eigenvalue weighted by molar-refractivity contribution is 5.66. The van der Waals surface area contributed by atoms with Gasteiger partial charge >= 0.3 is 6.18 Å². The number of morpholine rings is 1. The first kappa shape index (κ1) is 21.8. The van der Waals surface area contributed by atoms with Gasteiger partial charge in [0, 0.05) is 19.6 Å². The van der Waals surface area contributed by atoms with Crippen LogP contribution in [-0.4, -0.2) is 52.5 Å². The predicted molar refractivity (Wildman–Crippen MR) is 111 cm³/mol. The lowest BCUT2D eigenvalue weighted by Crippen LogP contribution is -2.39. The van der Waals surface area contributed by atoms with Crippen molar-refractivity contribution in [2.24, 2.45) is 0 Å². The third kappa shape index (κ3) is 3.22. The van der Waals surface area contributed by atoms with E-state index in [2.05, 4.69) is 9.74 Å². The summed E-state index contributed by atoms with van der Waals surface area (Å²) < 4.78 is 53.2. The van der Waals surface area contributed by atoms with Gasteiger partial charge in [-0.3, -0.25) is 9.47 Å². The minimum absolute atomic E-state index is 0.0922. The second kappa shape index (κ2) is 7.25. The van der Waals surface area contributed by atoms with Crippen LogP contribution in [0, 0.1) is 6.57 Å². The SMILES string of the molecule is [C-]#[N+]c1ccc(-n2c(O)c3c(c2O)C2(CCN4CCOCC4)C=CC3(C)O2)cc1C(F)(F)F. The average molecular weight is 461 g/mol. The molecule has 0 spiro atoms. The van der Waals surface area contributed by atoms with Crippen LogP contribution in [0.2, 0.25) is 0 Å². The monoisotopic (exact) mass is 461 g/mol. The van der Waals surface area contributed by atoms with E-state index in [1.54, 1.807) is 13.0 Å². The molecule has 7 nitrogen and oxygen atoms in total. The van der Waals surface area contributed by atoms with Crippen molar-refractivity contribution in [1.29, 1.82) is 0 Å². The van der Waals surface area contributed by atoms with Crippen LogP contribution in [0.4, 0.5) is 18.9 Å². The second-order valence-electron chi connectivity index (χ2n) is 8.68. The largest absolute Gasteiger partial charge is 0.494 e. The highest BCUT2D eigenvalue weighted by Gasteiger charge is 2.58. The molecule has 0 radical (unpaired) electrons. The Hall–Kier alpha value is -3.00. The number of aromatic nitrogens is 1. The van der Waals surface area contributed by atoms with Crippen LogP contribution in [0.1, 0.15) is 30.0 Å². The van der Waals surface area contributed by atoms with Crippen LogP contribution >= 0.6 is 0 Å². The van der Waals surface area contributed by atoms with E-state index < -0.39 is 28.6 Å². The van der Waals surface area contributed by atoms with Gasteiger partial charge in [-0.2, -0.15) is 13.2 Å². The van der Waals surface area contributed by atoms with Crippen molar-refractivity contribution in [2.45, 2.75) is 30.7 Å². The first-order valence-electron chi connectivity index (χ1n) is 10.6. The number of benzene rings is 1. The molecule has 1 fully saturated rings. The number of alkyl halides is 3. The van der Waals surface area contributed by atoms with E-state index in [0.29, 0.717) is 37.3 Å². The van der Waals surface area contributed by atoms with Crippen LogP contribution < -0.4 is 0 Å².